The summed E-state index contributed by atoms with van der Waals surface area (Å²) < 4.78 is 0. The summed E-state index contributed by atoms with van der Waals surface area (Å²) in [5.74, 6) is -1.04. The van der Waals surface area contributed by atoms with Crippen LogP contribution in [0.1, 0.15) is 10.4 Å². The van der Waals surface area contributed by atoms with Crippen LogP contribution >= 0.6 is 0 Å². The van der Waals surface area contributed by atoms with Crippen molar-refractivity contribution in [1.82, 2.24) is 4.98 Å². The number of hydrogen-bond donors (Lipinski definition) is 4. The van der Waals surface area contributed by atoms with Crippen LogP contribution in [0.4, 0.5) is 5.69 Å². The molecule has 6 N–H and O–H groups in total. The highest BCUT2D eigenvalue weighted by molar-refractivity contribution is 5.88. The molecular formula is C7H10N4O2. The average molecular weight is 182 g/mol. The SMILES string of the molecule is NC(N)Nc1cncc(C(=O)O)c1. The first-order chi connectivity index (χ1) is 6.09. The lowest BCUT2D eigenvalue weighted by molar-refractivity contribution is 0.0696. The molecule has 1 aromatic rings. The van der Waals surface area contributed by atoms with Crippen LogP contribution in [0.25, 0.3) is 0 Å². The Bertz CT molecular complexity index is 313. The van der Waals surface area contributed by atoms with Crippen LogP contribution in [0.3, 0.4) is 0 Å². The highest BCUT2D eigenvalue weighted by Gasteiger charge is 2.04. The van der Waals surface area contributed by atoms with Gasteiger partial charge in [-0.2, -0.15) is 0 Å². The Hall–Kier alpha value is -1.66. The maximum atomic E-state index is 10.5. The van der Waals surface area contributed by atoms with Crippen LogP contribution in [-0.2, 0) is 0 Å². The molecule has 0 saturated carbocycles. The second kappa shape index (κ2) is 3.83. The van der Waals surface area contributed by atoms with Crippen LogP contribution in [0.15, 0.2) is 18.5 Å². The number of pyridine rings is 1. The molecule has 0 aliphatic heterocycles. The molecule has 0 atom stereocenters. The maximum Gasteiger partial charge on any atom is 0.337 e. The maximum absolute atomic E-state index is 10.5. The molecule has 1 rings (SSSR count). The van der Waals surface area contributed by atoms with E-state index in [1.54, 1.807) is 0 Å². The Kier molecular flexibility index (Phi) is 2.78. The molecule has 0 aliphatic rings. The number of carboxylic acid groups (broad SMARTS) is 1. The number of carboxylic acids is 1. The molecule has 70 valence electrons. The standard InChI is InChI=1S/C7H10N4O2/c8-7(9)11-5-1-4(6(12)13)2-10-3-5/h1-3,7,11H,8-9H2,(H,12,13). The molecule has 0 saturated heterocycles. The normalized spacial score (nSPS) is 10.1. The van der Waals surface area contributed by atoms with Crippen molar-refractivity contribution in [1.29, 1.82) is 0 Å². The number of rotatable bonds is 3. The van der Waals surface area contributed by atoms with Gasteiger partial charge in [0.1, 0.15) is 6.29 Å². The Morgan fingerprint density at radius 2 is 2.23 bits per heavy atom. The molecule has 0 fully saturated rings. The summed E-state index contributed by atoms with van der Waals surface area (Å²) in [5, 5.41) is 11.2. The summed E-state index contributed by atoms with van der Waals surface area (Å²) in [7, 11) is 0. The lowest BCUT2D eigenvalue weighted by atomic mass is 10.2. The zero-order valence-electron chi connectivity index (χ0n) is 6.77. The highest BCUT2D eigenvalue weighted by atomic mass is 16.4. The third-order valence-corrected chi connectivity index (χ3v) is 1.32. The van der Waals surface area contributed by atoms with Gasteiger partial charge in [-0.15, -0.1) is 0 Å². The molecule has 0 aliphatic carbocycles. The van der Waals surface area contributed by atoms with E-state index < -0.39 is 12.3 Å². The molecule has 13 heavy (non-hydrogen) atoms. The van der Waals surface area contributed by atoms with Gasteiger partial charge in [0.05, 0.1) is 17.4 Å². The van der Waals surface area contributed by atoms with Gasteiger partial charge < -0.3 is 10.4 Å². The number of aromatic nitrogens is 1. The van der Waals surface area contributed by atoms with Gasteiger partial charge in [0.2, 0.25) is 0 Å². The lowest BCUT2D eigenvalue weighted by Crippen LogP contribution is -2.38. The van der Waals surface area contributed by atoms with E-state index in [1.807, 2.05) is 0 Å². The van der Waals surface area contributed by atoms with Gasteiger partial charge in [0.15, 0.2) is 0 Å². The highest BCUT2D eigenvalue weighted by Crippen LogP contribution is 2.07. The second-order valence-electron chi connectivity index (χ2n) is 2.44. The minimum atomic E-state index is -1.04. The van der Waals surface area contributed by atoms with Crippen molar-refractivity contribution < 1.29 is 9.90 Å². The van der Waals surface area contributed by atoms with E-state index >= 15 is 0 Å². The molecule has 0 spiro atoms. The number of nitrogens with one attached hydrogen (secondary N) is 1. The molecule has 1 heterocycles. The first-order valence-corrected chi connectivity index (χ1v) is 3.55. The van der Waals surface area contributed by atoms with Gasteiger partial charge in [-0.05, 0) is 6.07 Å². The fourth-order valence-corrected chi connectivity index (χ4v) is 0.828. The summed E-state index contributed by atoms with van der Waals surface area (Å²) >= 11 is 0. The third-order valence-electron chi connectivity index (χ3n) is 1.32. The van der Waals surface area contributed by atoms with Gasteiger partial charge in [0, 0.05) is 6.20 Å². The summed E-state index contributed by atoms with van der Waals surface area (Å²) in [5.41, 5.74) is 11.1. The monoisotopic (exact) mass is 182 g/mol. The van der Waals surface area contributed by atoms with Crippen LogP contribution in [0.2, 0.25) is 0 Å². The van der Waals surface area contributed by atoms with Gasteiger partial charge in [-0.3, -0.25) is 16.5 Å². The average Bonchev–Trinajstić information content (AvgIpc) is 2.03. The van der Waals surface area contributed by atoms with Crippen molar-refractivity contribution >= 4 is 11.7 Å². The van der Waals surface area contributed by atoms with Gasteiger partial charge >= 0.3 is 5.97 Å². The fraction of sp³-hybridized carbons (Fsp3) is 0.143. The summed E-state index contributed by atoms with van der Waals surface area (Å²) in [6.07, 6.45) is 1.96. The van der Waals surface area contributed by atoms with Crippen LogP contribution < -0.4 is 16.8 Å². The topological polar surface area (TPSA) is 114 Å². The van der Waals surface area contributed by atoms with Crippen molar-refractivity contribution in [3.63, 3.8) is 0 Å². The smallest absolute Gasteiger partial charge is 0.337 e. The van der Waals surface area contributed by atoms with E-state index in [-0.39, 0.29) is 5.56 Å². The van der Waals surface area contributed by atoms with Crippen LogP contribution in [-0.4, -0.2) is 22.3 Å². The van der Waals surface area contributed by atoms with Gasteiger partial charge in [0.25, 0.3) is 0 Å². The summed E-state index contributed by atoms with van der Waals surface area (Å²) in [6.45, 7) is 0. The van der Waals surface area contributed by atoms with Gasteiger partial charge in [-0.1, -0.05) is 0 Å². The van der Waals surface area contributed by atoms with Crippen LogP contribution in [0.5, 0.6) is 0 Å². The Morgan fingerprint density at radius 1 is 1.54 bits per heavy atom. The molecule has 1 aromatic heterocycles. The molecule has 0 unspecified atom stereocenters. The number of nitrogens with two attached hydrogens (primary N) is 2. The first-order valence-electron chi connectivity index (χ1n) is 3.55. The van der Waals surface area contributed by atoms with Crippen molar-refractivity contribution in [3.05, 3.63) is 24.0 Å². The van der Waals surface area contributed by atoms with Crippen molar-refractivity contribution in [2.24, 2.45) is 11.5 Å². The summed E-state index contributed by atoms with van der Waals surface area (Å²) in [4.78, 5) is 14.2. The zero-order chi connectivity index (χ0) is 9.84. The molecule has 0 bridgehead atoms. The summed E-state index contributed by atoms with van der Waals surface area (Å²) in [6, 6.07) is 1.40. The van der Waals surface area contributed by atoms with Crippen molar-refractivity contribution in [3.8, 4) is 0 Å². The quantitative estimate of drug-likeness (QED) is 0.464. The zero-order valence-corrected chi connectivity index (χ0v) is 6.77. The Labute approximate surface area is 74.6 Å². The van der Waals surface area contributed by atoms with Gasteiger partial charge in [-0.25, -0.2) is 4.79 Å². The minimum absolute atomic E-state index is 0.0886. The van der Waals surface area contributed by atoms with E-state index in [1.165, 1.54) is 18.5 Å². The van der Waals surface area contributed by atoms with E-state index in [4.69, 9.17) is 16.6 Å². The lowest BCUT2D eigenvalue weighted by Gasteiger charge is -2.09. The fourth-order valence-electron chi connectivity index (χ4n) is 0.828. The predicted octanol–water partition coefficient (Wildman–Crippen LogP) is -0.607. The van der Waals surface area contributed by atoms with Crippen molar-refractivity contribution in [2.45, 2.75) is 6.29 Å². The Balaban J connectivity index is 2.85. The molecular weight excluding hydrogens is 172 g/mol. The minimum Gasteiger partial charge on any atom is -0.478 e. The molecule has 6 nitrogen and oxygen atoms in total. The number of hydrogen-bond acceptors (Lipinski definition) is 5. The second-order valence-corrected chi connectivity index (χ2v) is 2.44. The molecule has 0 aromatic carbocycles. The van der Waals surface area contributed by atoms with Crippen LogP contribution in [0, 0.1) is 0 Å². The number of anilines is 1. The van der Waals surface area contributed by atoms with E-state index in [9.17, 15) is 4.79 Å². The van der Waals surface area contributed by atoms with E-state index in [0.717, 1.165) is 0 Å². The molecule has 0 amide bonds. The van der Waals surface area contributed by atoms with E-state index in [2.05, 4.69) is 10.3 Å². The largest absolute Gasteiger partial charge is 0.478 e. The molecule has 0 radical (unpaired) electrons. The van der Waals surface area contributed by atoms with Crippen molar-refractivity contribution in [2.75, 3.05) is 5.32 Å². The number of aromatic carboxylic acids is 1. The number of carbonyl (C=O) groups is 1. The third kappa shape index (κ3) is 2.69. The molecule has 6 heteroatoms. The number of nitrogens with zero attached hydrogens (tertiary/aromatic N) is 1. The van der Waals surface area contributed by atoms with E-state index in [0.29, 0.717) is 5.69 Å². The predicted molar refractivity (Wildman–Crippen MR) is 47.0 cm³/mol. The first kappa shape index (κ1) is 9.43. The Morgan fingerprint density at radius 3 is 2.77 bits per heavy atom.